The van der Waals surface area contributed by atoms with E-state index in [0.29, 0.717) is 6.42 Å². The highest BCUT2D eigenvalue weighted by Crippen LogP contribution is 2.16. The zero-order valence-electron chi connectivity index (χ0n) is 19.8. The van der Waals surface area contributed by atoms with Crippen LogP contribution in [-0.4, -0.2) is 34.2 Å². The number of aliphatic hydroxyl groups is 2. The van der Waals surface area contributed by atoms with Gasteiger partial charge in [-0.25, -0.2) is 0 Å². The lowest BCUT2D eigenvalue weighted by Crippen LogP contribution is -2.27. The van der Waals surface area contributed by atoms with E-state index in [1.807, 2.05) is 113 Å². The van der Waals surface area contributed by atoms with Crippen LogP contribution in [0.15, 0.2) is 47.9 Å². The third kappa shape index (κ3) is 24.4. The molecule has 4 heteroatoms. The molecule has 4 nitrogen and oxygen atoms in total. The van der Waals surface area contributed by atoms with E-state index in [4.69, 9.17) is 10.2 Å². The molecule has 0 fully saturated rings. The fourth-order valence-electron chi connectivity index (χ4n) is 1.48. The predicted octanol–water partition coefficient (Wildman–Crippen LogP) is 6.23. The van der Waals surface area contributed by atoms with Crippen molar-refractivity contribution in [1.82, 2.24) is 4.90 Å². The third-order valence-corrected chi connectivity index (χ3v) is 2.43. The molecule has 1 amide bonds. The van der Waals surface area contributed by atoms with Gasteiger partial charge in [-0.05, 0) is 39.8 Å². The maximum absolute atomic E-state index is 12.0. The Morgan fingerprint density at radius 2 is 1.33 bits per heavy atom. The number of hydrogen-bond donors (Lipinski definition) is 2. The van der Waals surface area contributed by atoms with E-state index in [2.05, 4.69) is 0 Å². The summed E-state index contributed by atoms with van der Waals surface area (Å²) >= 11 is 0. The molecule has 0 radical (unpaired) electrons. The Bertz CT molecular complexity index is 392. The highest BCUT2D eigenvalue weighted by atomic mass is 16.3. The van der Waals surface area contributed by atoms with Crippen molar-refractivity contribution in [3.05, 3.63) is 47.9 Å². The summed E-state index contributed by atoms with van der Waals surface area (Å²) in [6, 6.07) is 0. The van der Waals surface area contributed by atoms with Crippen LogP contribution in [0.1, 0.15) is 82.6 Å². The smallest absolute Gasteiger partial charge is 0.230 e. The summed E-state index contributed by atoms with van der Waals surface area (Å²) in [5.41, 5.74) is 1.85. The van der Waals surface area contributed by atoms with E-state index < -0.39 is 0 Å². The number of amides is 1. The van der Waals surface area contributed by atoms with Gasteiger partial charge in [0.15, 0.2) is 0 Å². The summed E-state index contributed by atoms with van der Waals surface area (Å²) in [4.78, 5) is 13.7. The molecule has 0 aromatic heterocycles. The van der Waals surface area contributed by atoms with Crippen LogP contribution in [0.25, 0.3) is 0 Å². The number of allylic oxidation sites excluding steroid dienone is 7. The number of nitrogens with zero attached hydrogens (tertiary/aromatic N) is 1. The molecule has 0 bridgehead atoms. The first kappa shape index (κ1) is 36.3. The van der Waals surface area contributed by atoms with E-state index >= 15 is 0 Å². The Kier molecular flexibility index (Phi) is 47.7. The van der Waals surface area contributed by atoms with E-state index in [1.165, 1.54) is 0 Å². The summed E-state index contributed by atoms with van der Waals surface area (Å²) in [5.74, 6) is 0.106. The molecule has 0 rings (SSSR count). The number of aliphatic hydroxyl groups excluding tert-OH is 2. The van der Waals surface area contributed by atoms with Crippen molar-refractivity contribution in [2.75, 3.05) is 13.2 Å². The fourth-order valence-corrected chi connectivity index (χ4v) is 1.48. The highest BCUT2D eigenvalue weighted by molar-refractivity contribution is 5.80. The van der Waals surface area contributed by atoms with Crippen molar-refractivity contribution in [3.8, 4) is 0 Å². The molecule has 162 valence electrons. The molecule has 0 saturated heterocycles. The average molecular weight is 386 g/mol. The molecule has 0 heterocycles. The lowest BCUT2D eigenvalue weighted by Gasteiger charge is -2.24. The zero-order chi connectivity index (χ0) is 22.7. The summed E-state index contributed by atoms with van der Waals surface area (Å²) < 4.78 is 0. The average Bonchev–Trinajstić information content (AvgIpc) is 2.75. The number of carbonyl (C=O) groups excluding carboxylic acids is 1. The summed E-state index contributed by atoms with van der Waals surface area (Å²) in [7, 11) is 0. The quantitative estimate of drug-likeness (QED) is 0.532. The van der Waals surface area contributed by atoms with Gasteiger partial charge in [-0.2, -0.15) is 0 Å². The third-order valence-electron chi connectivity index (χ3n) is 2.43. The van der Waals surface area contributed by atoms with Gasteiger partial charge in [0.25, 0.3) is 0 Å². The molecular weight excluding hydrogens is 338 g/mol. The van der Waals surface area contributed by atoms with Gasteiger partial charge in [-0.3, -0.25) is 9.69 Å². The minimum atomic E-state index is -0.125. The van der Waals surface area contributed by atoms with Crippen LogP contribution in [0.5, 0.6) is 0 Å². The van der Waals surface area contributed by atoms with Gasteiger partial charge >= 0.3 is 0 Å². The molecule has 27 heavy (non-hydrogen) atoms. The second-order valence-corrected chi connectivity index (χ2v) is 4.08. The molecule has 0 aromatic rings. The van der Waals surface area contributed by atoms with Gasteiger partial charge in [0, 0.05) is 17.8 Å². The lowest BCUT2D eigenvalue weighted by atomic mass is 10.2. The molecule has 0 aromatic carbocycles. The summed E-state index contributed by atoms with van der Waals surface area (Å²) in [6.07, 6.45) is 12.2. The van der Waals surface area contributed by atoms with Crippen molar-refractivity contribution in [1.29, 1.82) is 0 Å². The normalized spacial score (nSPS) is 10.4. The number of carbonyl (C=O) groups is 1. The van der Waals surface area contributed by atoms with Crippen LogP contribution in [-0.2, 0) is 4.79 Å². The van der Waals surface area contributed by atoms with Crippen molar-refractivity contribution >= 4 is 5.91 Å². The Hall–Kier alpha value is -1.65. The van der Waals surface area contributed by atoms with Crippen LogP contribution in [0, 0.1) is 0 Å². The first-order valence-electron chi connectivity index (χ1n) is 10.2. The molecule has 0 spiro atoms. The molecular formula is C23H47NO3. The first-order valence-corrected chi connectivity index (χ1v) is 10.2. The topological polar surface area (TPSA) is 60.8 Å². The van der Waals surface area contributed by atoms with Crippen LogP contribution in [0.4, 0.5) is 0 Å². The van der Waals surface area contributed by atoms with E-state index in [0.717, 1.165) is 11.4 Å². The Labute approximate surface area is 170 Å². The van der Waals surface area contributed by atoms with Crippen molar-refractivity contribution < 1.29 is 15.0 Å². The Balaban J connectivity index is -0.000000136. The highest BCUT2D eigenvalue weighted by Gasteiger charge is 2.15. The largest absolute Gasteiger partial charge is 0.394 e. The number of rotatable bonds is 6. The second-order valence-electron chi connectivity index (χ2n) is 4.08. The van der Waals surface area contributed by atoms with Crippen LogP contribution in [0.2, 0.25) is 0 Å². The standard InChI is InChI=1S/C15H23NO.C2H6O2.3C2H6/c1-6-10-12-13(5)16(15(17)9-4)14(8-3)11-7-2;3-1-2-4;3*1-2/h6-8,10-12H,9H2,1-5H3;3-4H,1-2H2;3*1-2H3/b10-6-,11-7-,13-12+,14-8+;;;;. The summed E-state index contributed by atoms with van der Waals surface area (Å²) in [5, 5.41) is 15.2. The van der Waals surface area contributed by atoms with Crippen LogP contribution in [0.3, 0.4) is 0 Å². The summed E-state index contributed by atoms with van der Waals surface area (Å²) in [6.45, 7) is 21.4. The molecule has 0 aliphatic carbocycles. The minimum absolute atomic E-state index is 0.106. The Morgan fingerprint density at radius 1 is 0.889 bits per heavy atom. The van der Waals surface area contributed by atoms with Gasteiger partial charge in [-0.1, -0.05) is 72.8 Å². The second kappa shape index (κ2) is 35.5. The maximum Gasteiger partial charge on any atom is 0.230 e. The van der Waals surface area contributed by atoms with E-state index in [9.17, 15) is 4.79 Å². The SMILES string of the molecule is C/C=C\C=C(/C)N(C(=O)CC)C(/C=C\C)=C/C.CC.CC.CC.OCCO. The molecule has 0 aliphatic rings. The van der Waals surface area contributed by atoms with Crippen LogP contribution >= 0.6 is 0 Å². The van der Waals surface area contributed by atoms with Gasteiger partial charge in [0.1, 0.15) is 0 Å². The van der Waals surface area contributed by atoms with Gasteiger partial charge in [-0.15, -0.1) is 0 Å². The molecule has 0 atom stereocenters. The zero-order valence-corrected chi connectivity index (χ0v) is 19.8. The molecule has 0 unspecified atom stereocenters. The van der Waals surface area contributed by atoms with Crippen LogP contribution < -0.4 is 0 Å². The molecule has 0 saturated carbocycles. The van der Waals surface area contributed by atoms with Gasteiger partial charge in [0.2, 0.25) is 5.91 Å². The van der Waals surface area contributed by atoms with Crippen molar-refractivity contribution in [3.63, 3.8) is 0 Å². The Morgan fingerprint density at radius 3 is 1.59 bits per heavy atom. The monoisotopic (exact) mass is 385 g/mol. The van der Waals surface area contributed by atoms with Gasteiger partial charge < -0.3 is 10.2 Å². The first-order chi connectivity index (χ1) is 13.0. The van der Waals surface area contributed by atoms with Crippen molar-refractivity contribution in [2.45, 2.75) is 82.6 Å². The lowest BCUT2D eigenvalue weighted by molar-refractivity contribution is -0.127. The predicted molar refractivity (Wildman–Crippen MR) is 122 cm³/mol. The number of hydrogen-bond acceptors (Lipinski definition) is 3. The molecule has 2 N–H and O–H groups in total. The van der Waals surface area contributed by atoms with Crippen molar-refractivity contribution in [2.24, 2.45) is 0 Å². The van der Waals surface area contributed by atoms with E-state index in [-0.39, 0.29) is 19.1 Å². The minimum Gasteiger partial charge on any atom is -0.394 e. The fraction of sp³-hybridized carbons (Fsp3) is 0.609. The van der Waals surface area contributed by atoms with E-state index in [1.54, 1.807) is 4.90 Å². The molecule has 0 aliphatic heterocycles. The maximum atomic E-state index is 12.0. The van der Waals surface area contributed by atoms with Gasteiger partial charge in [0.05, 0.1) is 13.2 Å².